The van der Waals surface area contributed by atoms with Crippen LogP contribution in [0.5, 0.6) is 0 Å². The molecule has 0 rings (SSSR count). The Balaban J connectivity index is 3.62. The Kier molecular flexibility index (Phi) is 3.77. The highest BCUT2D eigenvalue weighted by Gasteiger charge is 2.21. The Morgan fingerprint density at radius 2 is 2.11 bits per heavy atom. The summed E-state index contributed by atoms with van der Waals surface area (Å²) >= 11 is 0. The zero-order chi connectivity index (χ0) is 7.33. The molecule has 0 aromatic rings. The Bertz CT molecular complexity index is 71.5. The first-order valence-electron chi connectivity index (χ1n) is 3.25. The van der Waals surface area contributed by atoms with Crippen LogP contribution in [-0.4, -0.2) is 24.0 Å². The van der Waals surface area contributed by atoms with Crippen molar-refractivity contribution in [3.8, 4) is 0 Å². The topological polar surface area (TPSA) is 55.5 Å². The smallest absolute Gasteiger partial charge is 0.177 e. The molecule has 56 valence electrons. The Labute approximate surface area is 55.8 Å². The lowest BCUT2D eigenvalue weighted by Crippen LogP contribution is -2.39. The molecule has 0 heterocycles. The third-order valence-electron chi connectivity index (χ3n) is 1.28. The van der Waals surface area contributed by atoms with Gasteiger partial charge in [0, 0.05) is 13.2 Å². The van der Waals surface area contributed by atoms with Gasteiger partial charge in [-0.05, 0) is 13.3 Å². The fourth-order valence-corrected chi connectivity index (χ4v) is 0.574. The lowest BCUT2D eigenvalue weighted by atomic mass is 10.2. The van der Waals surface area contributed by atoms with Crippen LogP contribution < -0.4 is 5.73 Å². The van der Waals surface area contributed by atoms with E-state index in [2.05, 4.69) is 0 Å². The molecule has 1 atom stereocenters. The summed E-state index contributed by atoms with van der Waals surface area (Å²) in [6, 6.07) is 0. The number of hydrogen-bond donors (Lipinski definition) is 2. The van der Waals surface area contributed by atoms with Crippen molar-refractivity contribution in [3.05, 3.63) is 0 Å². The third-order valence-corrected chi connectivity index (χ3v) is 1.28. The predicted molar refractivity (Wildman–Crippen MR) is 35.9 cm³/mol. The minimum Gasteiger partial charge on any atom is -0.364 e. The van der Waals surface area contributed by atoms with Crippen LogP contribution >= 0.6 is 0 Å². The highest BCUT2D eigenvalue weighted by Crippen LogP contribution is 2.08. The summed E-state index contributed by atoms with van der Waals surface area (Å²) < 4.78 is 4.96. The lowest BCUT2D eigenvalue weighted by Gasteiger charge is -2.23. The number of aliphatic hydroxyl groups is 1. The summed E-state index contributed by atoms with van der Waals surface area (Å²) in [5.74, 6) is -1.09. The number of hydrogen-bond acceptors (Lipinski definition) is 3. The summed E-state index contributed by atoms with van der Waals surface area (Å²) in [6.45, 7) is 4.33. The lowest BCUT2D eigenvalue weighted by molar-refractivity contribution is -0.194. The van der Waals surface area contributed by atoms with Gasteiger partial charge in [-0.1, -0.05) is 6.92 Å². The summed E-state index contributed by atoms with van der Waals surface area (Å²) in [5.41, 5.74) is 5.23. The molecule has 0 radical (unpaired) electrons. The minimum absolute atomic E-state index is 0.164. The van der Waals surface area contributed by atoms with Gasteiger partial charge in [0.25, 0.3) is 0 Å². The largest absolute Gasteiger partial charge is 0.364 e. The highest BCUT2D eigenvalue weighted by molar-refractivity contribution is 4.64. The van der Waals surface area contributed by atoms with Gasteiger partial charge in [0.1, 0.15) is 0 Å². The van der Waals surface area contributed by atoms with Crippen molar-refractivity contribution in [1.82, 2.24) is 0 Å². The van der Waals surface area contributed by atoms with Crippen LogP contribution in [0.15, 0.2) is 0 Å². The van der Waals surface area contributed by atoms with E-state index in [1.165, 1.54) is 0 Å². The molecular weight excluding hydrogens is 118 g/mol. The van der Waals surface area contributed by atoms with Crippen LogP contribution in [0.25, 0.3) is 0 Å². The Morgan fingerprint density at radius 1 is 1.56 bits per heavy atom. The normalized spacial score (nSPS) is 17.3. The van der Waals surface area contributed by atoms with Gasteiger partial charge in [0.2, 0.25) is 0 Å². The molecule has 0 aliphatic rings. The first-order chi connectivity index (χ1) is 4.18. The molecule has 0 aromatic heterocycles. The van der Waals surface area contributed by atoms with Crippen molar-refractivity contribution in [2.45, 2.75) is 26.1 Å². The minimum atomic E-state index is -1.09. The maximum atomic E-state index is 9.28. The molecule has 0 bridgehead atoms. The molecule has 0 aliphatic heterocycles. The van der Waals surface area contributed by atoms with Gasteiger partial charge in [0.15, 0.2) is 5.79 Å². The molecule has 0 aromatic carbocycles. The number of rotatable bonds is 4. The van der Waals surface area contributed by atoms with Crippen LogP contribution in [0.2, 0.25) is 0 Å². The van der Waals surface area contributed by atoms with E-state index < -0.39 is 5.79 Å². The number of nitrogens with two attached hydrogens (primary N) is 1. The number of ether oxygens (including phenoxy) is 1. The van der Waals surface area contributed by atoms with Gasteiger partial charge >= 0.3 is 0 Å². The zero-order valence-electron chi connectivity index (χ0n) is 6.05. The van der Waals surface area contributed by atoms with Gasteiger partial charge in [-0.3, -0.25) is 0 Å². The summed E-state index contributed by atoms with van der Waals surface area (Å²) in [7, 11) is 0. The van der Waals surface area contributed by atoms with E-state index in [0.29, 0.717) is 13.0 Å². The molecule has 3 heteroatoms. The average Bonchev–Trinajstić information content (AvgIpc) is 1.89. The molecule has 3 N–H and O–H groups in total. The molecular formula is C6H15NO2. The fourth-order valence-electron chi connectivity index (χ4n) is 0.574. The van der Waals surface area contributed by atoms with E-state index in [0.717, 1.165) is 0 Å². The van der Waals surface area contributed by atoms with Crippen molar-refractivity contribution >= 4 is 0 Å². The van der Waals surface area contributed by atoms with E-state index in [-0.39, 0.29) is 6.54 Å². The fraction of sp³-hybridized carbons (Fsp3) is 1.00. The predicted octanol–water partition coefficient (Wildman–Crippen LogP) is 0.0802. The van der Waals surface area contributed by atoms with E-state index in [1.807, 2.05) is 13.8 Å². The Morgan fingerprint density at radius 3 is 2.22 bits per heavy atom. The molecule has 0 spiro atoms. The van der Waals surface area contributed by atoms with Gasteiger partial charge in [0.05, 0.1) is 0 Å². The van der Waals surface area contributed by atoms with Gasteiger partial charge in [-0.15, -0.1) is 0 Å². The van der Waals surface area contributed by atoms with Crippen LogP contribution in [0.3, 0.4) is 0 Å². The van der Waals surface area contributed by atoms with Gasteiger partial charge in [-0.2, -0.15) is 0 Å². The van der Waals surface area contributed by atoms with Crippen molar-refractivity contribution in [1.29, 1.82) is 0 Å². The molecule has 0 saturated carbocycles. The maximum absolute atomic E-state index is 9.28. The summed E-state index contributed by atoms with van der Waals surface area (Å²) in [5, 5.41) is 9.28. The molecule has 1 unspecified atom stereocenters. The third kappa shape index (κ3) is 2.79. The second kappa shape index (κ2) is 3.82. The van der Waals surface area contributed by atoms with E-state index >= 15 is 0 Å². The maximum Gasteiger partial charge on any atom is 0.177 e. The monoisotopic (exact) mass is 133 g/mol. The Hall–Kier alpha value is -0.120. The van der Waals surface area contributed by atoms with Crippen molar-refractivity contribution in [2.24, 2.45) is 5.73 Å². The molecule has 0 fully saturated rings. The van der Waals surface area contributed by atoms with E-state index in [4.69, 9.17) is 10.5 Å². The molecule has 9 heavy (non-hydrogen) atoms. The second-order valence-corrected chi connectivity index (χ2v) is 1.94. The van der Waals surface area contributed by atoms with Crippen molar-refractivity contribution in [3.63, 3.8) is 0 Å². The second-order valence-electron chi connectivity index (χ2n) is 1.94. The van der Waals surface area contributed by atoms with Crippen LogP contribution in [-0.2, 0) is 4.74 Å². The van der Waals surface area contributed by atoms with Gasteiger partial charge < -0.3 is 15.6 Å². The van der Waals surface area contributed by atoms with E-state index in [1.54, 1.807) is 0 Å². The zero-order valence-corrected chi connectivity index (χ0v) is 6.05. The average molecular weight is 133 g/mol. The summed E-state index contributed by atoms with van der Waals surface area (Å²) in [4.78, 5) is 0. The molecule has 0 aliphatic carbocycles. The SMILES string of the molecule is CCOC(O)(CC)CN. The van der Waals surface area contributed by atoms with Crippen LogP contribution in [0.4, 0.5) is 0 Å². The standard InChI is InChI=1S/C6H15NO2/c1-3-6(8,5-7)9-4-2/h8H,3-5,7H2,1-2H3. The highest BCUT2D eigenvalue weighted by atomic mass is 16.6. The van der Waals surface area contributed by atoms with Crippen LogP contribution in [0, 0.1) is 0 Å². The van der Waals surface area contributed by atoms with Crippen molar-refractivity contribution < 1.29 is 9.84 Å². The molecule has 0 amide bonds. The van der Waals surface area contributed by atoms with Gasteiger partial charge in [-0.25, -0.2) is 0 Å². The summed E-state index contributed by atoms with van der Waals surface area (Å²) in [6.07, 6.45) is 0.539. The molecule has 3 nitrogen and oxygen atoms in total. The van der Waals surface area contributed by atoms with Crippen LogP contribution in [0.1, 0.15) is 20.3 Å². The first kappa shape index (κ1) is 8.88. The molecule has 0 saturated heterocycles. The quantitative estimate of drug-likeness (QED) is 0.534. The van der Waals surface area contributed by atoms with Crippen molar-refractivity contribution in [2.75, 3.05) is 13.2 Å². The first-order valence-corrected chi connectivity index (χ1v) is 3.25. The van der Waals surface area contributed by atoms with E-state index in [9.17, 15) is 5.11 Å².